The van der Waals surface area contributed by atoms with E-state index < -0.39 is 0 Å². The monoisotopic (exact) mass is 342 g/mol. The third-order valence-corrected chi connectivity index (χ3v) is 3.67. The molecule has 0 heterocycles. The summed E-state index contributed by atoms with van der Waals surface area (Å²) in [4.78, 5) is 11.8. The molecule has 2 N–H and O–H groups in total. The maximum Gasteiger partial charge on any atom is 0.226 e. The Kier molecular flexibility index (Phi) is 8.85. The molecule has 22 heavy (non-hydrogen) atoms. The first kappa shape index (κ1) is 18.7. The molecule has 1 aromatic carbocycles. The third kappa shape index (κ3) is 7.09. The summed E-state index contributed by atoms with van der Waals surface area (Å²) in [7, 11) is 1.56. The summed E-state index contributed by atoms with van der Waals surface area (Å²) in [5.41, 5.74) is 0.707. The molecule has 1 amide bonds. The second-order valence-corrected chi connectivity index (χ2v) is 5.83. The number of anilines is 1. The van der Waals surface area contributed by atoms with E-state index >= 15 is 0 Å². The van der Waals surface area contributed by atoms with Crippen LogP contribution in [0.15, 0.2) is 18.2 Å². The van der Waals surface area contributed by atoms with Gasteiger partial charge in [0.1, 0.15) is 5.75 Å². The average molecular weight is 343 g/mol. The van der Waals surface area contributed by atoms with E-state index in [1.54, 1.807) is 25.3 Å². The molecule has 0 spiro atoms. The molecule has 0 atom stereocenters. The van der Waals surface area contributed by atoms with Gasteiger partial charge in [0.2, 0.25) is 5.91 Å². The van der Waals surface area contributed by atoms with Crippen LogP contribution in [0.3, 0.4) is 0 Å². The molecule has 0 unspecified atom stereocenters. The molecule has 6 heteroatoms. The number of hydrogen-bond donors (Lipinski definition) is 2. The van der Waals surface area contributed by atoms with Crippen molar-refractivity contribution in [1.29, 1.82) is 0 Å². The first-order chi connectivity index (χ1) is 10.6. The minimum absolute atomic E-state index is 0.0615. The van der Waals surface area contributed by atoms with Gasteiger partial charge in [-0.05, 0) is 36.8 Å². The third-order valence-electron chi connectivity index (χ3n) is 3.17. The second kappa shape index (κ2) is 10.4. The Morgan fingerprint density at radius 2 is 2.00 bits per heavy atom. The van der Waals surface area contributed by atoms with Crippen molar-refractivity contribution in [1.82, 2.24) is 5.32 Å². The maximum absolute atomic E-state index is 11.8. The van der Waals surface area contributed by atoms with E-state index in [4.69, 9.17) is 28.6 Å². The van der Waals surface area contributed by atoms with Gasteiger partial charge in [-0.3, -0.25) is 4.79 Å². The lowest BCUT2D eigenvalue weighted by atomic mass is 10.1. The summed E-state index contributed by atoms with van der Waals surface area (Å²) in [5, 5.41) is 6.37. The van der Waals surface area contributed by atoms with Gasteiger partial charge in [0.15, 0.2) is 5.11 Å². The van der Waals surface area contributed by atoms with Crippen molar-refractivity contribution in [3.05, 3.63) is 23.2 Å². The SMILES string of the molecule is CCCCCCCC(=O)NC(=S)Nc1ccc(OC)c(Cl)c1. The number of amides is 1. The summed E-state index contributed by atoms with van der Waals surface area (Å²) < 4.78 is 5.08. The molecule has 0 saturated heterocycles. The number of halogens is 1. The van der Waals surface area contributed by atoms with E-state index in [0.29, 0.717) is 22.9 Å². The van der Waals surface area contributed by atoms with Gasteiger partial charge in [-0.15, -0.1) is 0 Å². The highest BCUT2D eigenvalue weighted by Gasteiger charge is 2.06. The number of carbonyl (C=O) groups is 1. The van der Waals surface area contributed by atoms with Crippen LogP contribution >= 0.6 is 23.8 Å². The molecule has 0 aliphatic rings. The van der Waals surface area contributed by atoms with Crippen molar-refractivity contribution in [2.24, 2.45) is 0 Å². The van der Waals surface area contributed by atoms with Crippen molar-refractivity contribution in [2.75, 3.05) is 12.4 Å². The van der Waals surface area contributed by atoms with E-state index in [1.165, 1.54) is 19.3 Å². The number of nitrogens with one attached hydrogen (secondary N) is 2. The molecule has 0 radical (unpaired) electrons. The molecule has 1 rings (SSSR count). The predicted octanol–water partition coefficient (Wildman–Crippen LogP) is 4.52. The van der Waals surface area contributed by atoms with Crippen LogP contribution in [0.5, 0.6) is 5.75 Å². The number of hydrogen-bond acceptors (Lipinski definition) is 3. The molecule has 0 aromatic heterocycles. The van der Waals surface area contributed by atoms with Gasteiger partial charge in [0, 0.05) is 12.1 Å². The van der Waals surface area contributed by atoms with Crippen LogP contribution in [0.1, 0.15) is 45.4 Å². The lowest BCUT2D eigenvalue weighted by Crippen LogP contribution is -2.33. The number of benzene rings is 1. The normalized spacial score (nSPS) is 10.1. The molecule has 4 nitrogen and oxygen atoms in total. The number of ether oxygens (including phenoxy) is 1. The molecule has 0 aliphatic carbocycles. The largest absolute Gasteiger partial charge is 0.495 e. The molecular formula is C16H23ClN2O2S. The van der Waals surface area contributed by atoms with Crippen molar-refractivity contribution in [3.63, 3.8) is 0 Å². The van der Waals surface area contributed by atoms with Crippen LogP contribution in [0, 0.1) is 0 Å². The minimum Gasteiger partial charge on any atom is -0.495 e. The molecule has 0 fully saturated rings. The first-order valence-electron chi connectivity index (χ1n) is 7.51. The lowest BCUT2D eigenvalue weighted by molar-refractivity contribution is -0.119. The van der Waals surface area contributed by atoms with E-state index in [0.717, 1.165) is 12.8 Å². The fourth-order valence-corrected chi connectivity index (χ4v) is 2.47. The first-order valence-corrected chi connectivity index (χ1v) is 8.29. The van der Waals surface area contributed by atoms with Gasteiger partial charge in [-0.1, -0.05) is 44.2 Å². The van der Waals surface area contributed by atoms with E-state index in [9.17, 15) is 4.79 Å². The van der Waals surface area contributed by atoms with Crippen LogP contribution in [-0.2, 0) is 4.79 Å². The van der Waals surface area contributed by atoms with Crippen molar-refractivity contribution in [2.45, 2.75) is 45.4 Å². The van der Waals surface area contributed by atoms with Crippen LogP contribution in [-0.4, -0.2) is 18.1 Å². The Hall–Kier alpha value is -1.33. The smallest absolute Gasteiger partial charge is 0.226 e. The zero-order valence-corrected chi connectivity index (χ0v) is 14.6. The number of carbonyl (C=O) groups excluding carboxylic acids is 1. The summed E-state index contributed by atoms with van der Waals surface area (Å²) >= 11 is 11.2. The van der Waals surface area contributed by atoms with Crippen LogP contribution < -0.4 is 15.4 Å². The Balaban J connectivity index is 2.33. The van der Waals surface area contributed by atoms with Gasteiger partial charge >= 0.3 is 0 Å². The van der Waals surface area contributed by atoms with Crippen molar-refractivity contribution >= 4 is 40.5 Å². The van der Waals surface area contributed by atoms with E-state index in [2.05, 4.69) is 17.6 Å². The molecule has 0 bridgehead atoms. The van der Waals surface area contributed by atoms with Crippen LogP contribution in [0.25, 0.3) is 0 Å². The molecular weight excluding hydrogens is 320 g/mol. The topological polar surface area (TPSA) is 50.4 Å². The van der Waals surface area contributed by atoms with Crippen molar-refractivity contribution in [3.8, 4) is 5.75 Å². The average Bonchev–Trinajstić information content (AvgIpc) is 2.47. The minimum atomic E-state index is -0.0615. The second-order valence-electron chi connectivity index (χ2n) is 5.02. The van der Waals surface area contributed by atoms with Gasteiger partial charge in [0.25, 0.3) is 0 Å². The van der Waals surface area contributed by atoms with Crippen LogP contribution in [0.4, 0.5) is 5.69 Å². The van der Waals surface area contributed by atoms with E-state index in [1.807, 2.05) is 0 Å². The molecule has 1 aromatic rings. The fraction of sp³-hybridized carbons (Fsp3) is 0.500. The zero-order chi connectivity index (χ0) is 16.4. The summed E-state index contributed by atoms with van der Waals surface area (Å²) in [6.45, 7) is 2.17. The summed E-state index contributed by atoms with van der Waals surface area (Å²) in [6, 6.07) is 5.22. The highest BCUT2D eigenvalue weighted by Crippen LogP contribution is 2.27. The molecule has 0 saturated carbocycles. The highest BCUT2D eigenvalue weighted by atomic mass is 35.5. The summed E-state index contributed by atoms with van der Waals surface area (Å²) in [6.07, 6.45) is 6.06. The Morgan fingerprint density at radius 3 is 2.64 bits per heavy atom. The molecule has 122 valence electrons. The van der Waals surface area contributed by atoms with E-state index in [-0.39, 0.29) is 11.0 Å². The van der Waals surface area contributed by atoms with Gasteiger partial charge in [-0.25, -0.2) is 0 Å². The Bertz CT molecular complexity index is 509. The highest BCUT2D eigenvalue weighted by molar-refractivity contribution is 7.80. The summed E-state index contributed by atoms with van der Waals surface area (Å²) in [5.74, 6) is 0.530. The van der Waals surface area contributed by atoms with Gasteiger partial charge in [0.05, 0.1) is 12.1 Å². The van der Waals surface area contributed by atoms with Gasteiger partial charge < -0.3 is 15.4 Å². The number of thiocarbonyl (C=S) groups is 1. The Labute approximate surface area is 142 Å². The van der Waals surface area contributed by atoms with Gasteiger partial charge in [-0.2, -0.15) is 0 Å². The standard InChI is InChI=1S/C16H23ClN2O2S/c1-3-4-5-6-7-8-15(20)19-16(22)18-12-9-10-14(21-2)13(17)11-12/h9-11H,3-8H2,1-2H3,(H2,18,19,20,22). The number of methoxy groups -OCH3 is 1. The maximum atomic E-state index is 11.8. The number of unbranched alkanes of at least 4 members (excludes halogenated alkanes) is 4. The predicted molar refractivity (Wildman–Crippen MR) is 95.7 cm³/mol. The molecule has 0 aliphatic heterocycles. The zero-order valence-electron chi connectivity index (χ0n) is 13.1. The Morgan fingerprint density at radius 1 is 1.27 bits per heavy atom. The lowest BCUT2D eigenvalue weighted by Gasteiger charge is -2.11. The fourth-order valence-electron chi connectivity index (χ4n) is 1.98. The van der Waals surface area contributed by atoms with Crippen molar-refractivity contribution < 1.29 is 9.53 Å². The number of rotatable bonds is 8. The quantitative estimate of drug-likeness (QED) is 0.538. The van der Waals surface area contributed by atoms with Crippen LogP contribution in [0.2, 0.25) is 5.02 Å².